The zero-order valence-corrected chi connectivity index (χ0v) is 12.2. The number of furan rings is 1. The van der Waals surface area contributed by atoms with Gasteiger partial charge in [0.15, 0.2) is 0 Å². The number of carbonyl (C=O) groups is 1. The Morgan fingerprint density at radius 1 is 1.48 bits per heavy atom. The summed E-state index contributed by atoms with van der Waals surface area (Å²) in [6, 6.07) is 1.55. The fraction of sp³-hybridized carbons (Fsp3) is 0.214. The Balaban J connectivity index is 2.11. The Morgan fingerprint density at radius 2 is 2.24 bits per heavy atom. The van der Waals surface area contributed by atoms with Gasteiger partial charge in [0.05, 0.1) is 24.5 Å². The molecule has 3 aromatic heterocycles. The molecule has 21 heavy (non-hydrogen) atoms. The average molecular weight is 304 g/mol. The summed E-state index contributed by atoms with van der Waals surface area (Å²) in [6.45, 7) is 3.96. The molecular formula is C14H12N2O4S. The van der Waals surface area contributed by atoms with Crippen LogP contribution >= 0.6 is 11.3 Å². The Morgan fingerprint density at radius 3 is 2.95 bits per heavy atom. The second kappa shape index (κ2) is 4.85. The van der Waals surface area contributed by atoms with E-state index >= 15 is 0 Å². The van der Waals surface area contributed by atoms with Gasteiger partial charge in [-0.1, -0.05) is 0 Å². The minimum absolute atomic E-state index is 0.119. The van der Waals surface area contributed by atoms with Gasteiger partial charge in [-0.3, -0.25) is 9.36 Å². The summed E-state index contributed by atoms with van der Waals surface area (Å²) in [5.74, 6) is -1.31. The van der Waals surface area contributed by atoms with E-state index in [9.17, 15) is 9.59 Å². The van der Waals surface area contributed by atoms with Gasteiger partial charge in [-0.05, 0) is 25.5 Å². The van der Waals surface area contributed by atoms with Crippen molar-refractivity contribution in [1.29, 1.82) is 0 Å². The summed E-state index contributed by atoms with van der Waals surface area (Å²) in [4.78, 5) is 29.6. The molecule has 0 bridgehead atoms. The molecule has 7 heteroatoms. The lowest BCUT2D eigenvalue weighted by molar-refractivity contribution is 0.0660. The Bertz CT molecular complexity index is 903. The maximum Gasteiger partial charge on any atom is 0.372 e. The van der Waals surface area contributed by atoms with Crippen molar-refractivity contribution in [3.05, 3.63) is 50.8 Å². The first kappa shape index (κ1) is 13.6. The van der Waals surface area contributed by atoms with Gasteiger partial charge in [0.25, 0.3) is 5.56 Å². The minimum Gasteiger partial charge on any atom is -0.475 e. The van der Waals surface area contributed by atoms with Gasteiger partial charge in [-0.2, -0.15) is 0 Å². The molecule has 0 aliphatic rings. The van der Waals surface area contributed by atoms with Crippen molar-refractivity contribution in [2.24, 2.45) is 0 Å². The molecule has 0 fully saturated rings. The second-order valence-electron chi connectivity index (χ2n) is 4.72. The number of thiophene rings is 1. The van der Waals surface area contributed by atoms with Crippen molar-refractivity contribution in [3.8, 4) is 0 Å². The van der Waals surface area contributed by atoms with E-state index in [-0.39, 0.29) is 17.9 Å². The van der Waals surface area contributed by atoms with E-state index in [0.29, 0.717) is 15.8 Å². The molecular weight excluding hydrogens is 292 g/mol. The average Bonchev–Trinajstić information content (AvgIpc) is 2.99. The van der Waals surface area contributed by atoms with Crippen molar-refractivity contribution in [1.82, 2.24) is 9.55 Å². The largest absolute Gasteiger partial charge is 0.475 e. The molecule has 0 saturated carbocycles. The molecule has 108 valence electrons. The molecule has 1 N–H and O–H groups in total. The predicted molar refractivity (Wildman–Crippen MR) is 78.1 cm³/mol. The van der Waals surface area contributed by atoms with Crippen LogP contribution in [-0.4, -0.2) is 20.6 Å². The summed E-state index contributed by atoms with van der Waals surface area (Å²) < 4.78 is 6.32. The summed E-state index contributed by atoms with van der Waals surface area (Å²) >= 11 is 1.48. The molecule has 0 amide bonds. The van der Waals surface area contributed by atoms with Crippen LogP contribution in [0.2, 0.25) is 0 Å². The van der Waals surface area contributed by atoms with Gasteiger partial charge in [-0.15, -0.1) is 11.3 Å². The number of aromatic carboxylic acids is 1. The van der Waals surface area contributed by atoms with Crippen molar-refractivity contribution in [2.75, 3.05) is 0 Å². The van der Waals surface area contributed by atoms with Gasteiger partial charge in [0.1, 0.15) is 4.83 Å². The van der Waals surface area contributed by atoms with Crippen LogP contribution in [0.3, 0.4) is 0 Å². The maximum absolute atomic E-state index is 12.5. The molecule has 0 saturated heterocycles. The first-order valence-electron chi connectivity index (χ1n) is 6.24. The Hall–Kier alpha value is -2.41. The lowest BCUT2D eigenvalue weighted by atomic mass is 10.2. The number of aryl methyl sites for hydroxylation is 2. The Labute approximate surface area is 123 Å². The third-order valence-corrected chi connectivity index (χ3v) is 4.55. The van der Waals surface area contributed by atoms with Crippen LogP contribution < -0.4 is 5.56 Å². The zero-order valence-electron chi connectivity index (χ0n) is 11.4. The standard InChI is InChI=1S/C14H12N2O4S/c1-7-8(2)21-12-10(7)13(17)16(6-15-12)5-9-3-4-20-11(9)14(18)19/h3-4,6H,5H2,1-2H3,(H,18,19). The van der Waals surface area contributed by atoms with E-state index in [2.05, 4.69) is 4.98 Å². The molecule has 0 unspecified atom stereocenters. The van der Waals surface area contributed by atoms with Crippen molar-refractivity contribution in [3.63, 3.8) is 0 Å². The summed E-state index contributed by atoms with van der Waals surface area (Å²) in [5.41, 5.74) is 1.20. The van der Waals surface area contributed by atoms with Crippen LogP contribution in [0.5, 0.6) is 0 Å². The van der Waals surface area contributed by atoms with E-state index in [1.807, 2.05) is 13.8 Å². The fourth-order valence-electron chi connectivity index (χ4n) is 2.21. The van der Waals surface area contributed by atoms with Crippen LogP contribution in [0.1, 0.15) is 26.6 Å². The molecule has 0 atom stereocenters. The molecule has 0 aromatic carbocycles. The molecule has 3 rings (SSSR count). The van der Waals surface area contributed by atoms with Crippen molar-refractivity contribution >= 4 is 27.5 Å². The summed E-state index contributed by atoms with van der Waals surface area (Å²) in [7, 11) is 0. The zero-order chi connectivity index (χ0) is 15.1. The lowest BCUT2D eigenvalue weighted by Gasteiger charge is -2.04. The number of hydrogen-bond donors (Lipinski definition) is 1. The third kappa shape index (κ3) is 2.15. The number of rotatable bonds is 3. The van der Waals surface area contributed by atoms with Crippen molar-refractivity contribution < 1.29 is 14.3 Å². The van der Waals surface area contributed by atoms with Gasteiger partial charge >= 0.3 is 5.97 Å². The van der Waals surface area contributed by atoms with Gasteiger partial charge < -0.3 is 9.52 Å². The van der Waals surface area contributed by atoms with Crippen LogP contribution in [-0.2, 0) is 6.54 Å². The van der Waals surface area contributed by atoms with Crippen molar-refractivity contribution in [2.45, 2.75) is 20.4 Å². The first-order chi connectivity index (χ1) is 9.99. The molecule has 3 aromatic rings. The van der Waals surface area contributed by atoms with Crippen LogP contribution in [0, 0.1) is 13.8 Å². The van der Waals surface area contributed by atoms with Crippen LogP contribution in [0.25, 0.3) is 10.2 Å². The second-order valence-corrected chi connectivity index (χ2v) is 5.92. The molecule has 0 spiro atoms. The first-order valence-corrected chi connectivity index (χ1v) is 7.05. The highest BCUT2D eigenvalue weighted by atomic mass is 32.1. The van der Waals surface area contributed by atoms with Crippen LogP contribution in [0.4, 0.5) is 0 Å². The number of aromatic nitrogens is 2. The molecule has 3 heterocycles. The van der Waals surface area contributed by atoms with Gasteiger partial charge in [0.2, 0.25) is 5.76 Å². The smallest absolute Gasteiger partial charge is 0.372 e. The number of fused-ring (bicyclic) bond motifs is 1. The van der Waals surface area contributed by atoms with E-state index in [1.165, 1.54) is 28.5 Å². The minimum atomic E-state index is -1.15. The molecule has 0 aliphatic carbocycles. The third-order valence-electron chi connectivity index (χ3n) is 3.44. The fourth-order valence-corrected chi connectivity index (χ4v) is 3.20. The number of nitrogens with zero attached hydrogens (tertiary/aromatic N) is 2. The number of hydrogen-bond acceptors (Lipinski definition) is 5. The predicted octanol–water partition coefficient (Wildman–Crippen LogP) is 2.41. The SMILES string of the molecule is Cc1sc2ncn(Cc3ccoc3C(=O)O)c(=O)c2c1C. The van der Waals surface area contributed by atoms with E-state index in [4.69, 9.17) is 9.52 Å². The van der Waals surface area contributed by atoms with E-state index in [0.717, 1.165) is 10.4 Å². The quantitative estimate of drug-likeness (QED) is 0.803. The summed E-state index contributed by atoms with van der Waals surface area (Å²) in [5, 5.41) is 9.62. The Kier molecular flexibility index (Phi) is 3.13. The lowest BCUT2D eigenvalue weighted by Crippen LogP contribution is -2.21. The molecule has 0 radical (unpaired) electrons. The van der Waals surface area contributed by atoms with E-state index in [1.54, 1.807) is 6.07 Å². The molecule has 6 nitrogen and oxygen atoms in total. The van der Waals surface area contributed by atoms with E-state index < -0.39 is 5.97 Å². The monoisotopic (exact) mass is 304 g/mol. The number of carboxylic acids is 1. The van der Waals surface area contributed by atoms with Gasteiger partial charge in [-0.25, -0.2) is 9.78 Å². The highest BCUT2D eigenvalue weighted by Gasteiger charge is 2.17. The normalized spacial score (nSPS) is 11.1. The highest BCUT2D eigenvalue weighted by Crippen LogP contribution is 2.25. The highest BCUT2D eigenvalue weighted by molar-refractivity contribution is 7.18. The van der Waals surface area contributed by atoms with Gasteiger partial charge in [0, 0.05) is 10.4 Å². The van der Waals surface area contributed by atoms with Crippen LogP contribution in [0.15, 0.2) is 27.9 Å². The maximum atomic E-state index is 12.5. The summed E-state index contributed by atoms with van der Waals surface area (Å²) in [6.07, 6.45) is 2.74. The topological polar surface area (TPSA) is 85.3 Å². The number of carboxylic acid groups (broad SMARTS) is 1. The molecule has 0 aliphatic heterocycles.